The minimum absolute atomic E-state index is 0.0896. The minimum atomic E-state index is -2.22. The summed E-state index contributed by atoms with van der Waals surface area (Å²) in [6.45, 7) is 4.01. The molecule has 1 aromatic rings. The Bertz CT molecular complexity index is 384. The molecule has 2 nitrogen and oxygen atoms in total. The number of nitrogens with zero attached hydrogens (tertiary/aromatic N) is 2. The second kappa shape index (κ2) is 7.36. The summed E-state index contributed by atoms with van der Waals surface area (Å²) < 4.78 is 24.5. The van der Waals surface area contributed by atoms with Crippen molar-refractivity contribution in [2.24, 2.45) is 0 Å². The molecule has 1 saturated heterocycles. The molecule has 1 aliphatic rings. The third-order valence-corrected chi connectivity index (χ3v) is 3.33. The van der Waals surface area contributed by atoms with Crippen LogP contribution in [0.3, 0.4) is 0 Å². The molecule has 1 aliphatic heterocycles. The SMILES string of the molecule is FC(F)CN1CCN(CC=Cc2ccccc2)CC1. The van der Waals surface area contributed by atoms with Crippen LogP contribution in [0, 0.1) is 0 Å². The fraction of sp³-hybridized carbons (Fsp3) is 0.467. The van der Waals surface area contributed by atoms with Crippen molar-refractivity contribution in [1.29, 1.82) is 0 Å². The number of hydrogen-bond donors (Lipinski definition) is 0. The van der Waals surface area contributed by atoms with Gasteiger partial charge in [0.2, 0.25) is 0 Å². The zero-order chi connectivity index (χ0) is 13.5. The van der Waals surface area contributed by atoms with Gasteiger partial charge in [-0.05, 0) is 5.56 Å². The van der Waals surface area contributed by atoms with Gasteiger partial charge in [0.25, 0.3) is 6.43 Å². The van der Waals surface area contributed by atoms with Gasteiger partial charge in [0.05, 0.1) is 6.54 Å². The largest absolute Gasteiger partial charge is 0.297 e. The average Bonchev–Trinajstić information content (AvgIpc) is 2.41. The number of piperazine rings is 1. The van der Waals surface area contributed by atoms with Gasteiger partial charge in [0, 0.05) is 32.7 Å². The summed E-state index contributed by atoms with van der Waals surface area (Å²) in [6, 6.07) is 10.2. The van der Waals surface area contributed by atoms with Crippen LogP contribution in [0.1, 0.15) is 5.56 Å². The van der Waals surface area contributed by atoms with Crippen LogP contribution in [0.4, 0.5) is 8.78 Å². The number of benzene rings is 1. The minimum Gasteiger partial charge on any atom is -0.297 e. The Morgan fingerprint density at radius 1 is 1.00 bits per heavy atom. The molecule has 0 radical (unpaired) electrons. The Morgan fingerprint density at radius 3 is 2.26 bits per heavy atom. The van der Waals surface area contributed by atoms with Crippen molar-refractivity contribution in [1.82, 2.24) is 9.80 Å². The van der Waals surface area contributed by atoms with E-state index < -0.39 is 6.43 Å². The highest BCUT2D eigenvalue weighted by atomic mass is 19.3. The van der Waals surface area contributed by atoms with Crippen LogP contribution in [0.2, 0.25) is 0 Å². The first-order valence-electron chi connectivity index (χ1n) is 6.68. The lowest BCUT2D eigenvalue weighted by atomic mass is 10.2. The van der Waals surface area contributed by atoms with Gasteiger partial charge in [0.15, 0.2) is 0 Å². The van der Waals surface area contributed by atoms with E-state index >= 15 is 0 Å². The molecule has 0 aliphatic carbocycles. The van der Waals surface area contributed by atoms with E-state index in [1.165, 1.54) is 5.56 Å². The summed E-state index contributed by atoms with van der Waals surface area (Å²) in [7, 11) is 0. The van der Waals surface area contributed by atoms with E-state index in [1.54, 1.807) is 0 Å². The van der Waals surface area contributed by atoms with Crippen molar-refractivity contribution in [3.05, 3.63) is 42.0 Å². The molecule has 4 heteroatoms. The quantitative estimate of drug-likeness (QED) is 0.808. The molecule has 0 spiro atoms. The molecule has 0 saturated carbocycles. The van der Waals surface area contributed by atoms with Crippen molar-refractivity contribution in [2.75, 3.05) is 39.3 Å². The summed E-state index contributed by atoms with van der Waals surface area (Å²) in [5.41, 5.74) is 1.19. The molecule has 1 heterocycles. The molecule has 0 N–H and O–H groups in total. The van der Waals surface area contributed by atoms with Crippen LogP contribution < -0.4 is 0 Å². The Labute approximate surface area is 113 Å². The molecular formula is C15H20F2N2. The number of rotatable bonds is 5. The van der Waals surface area contributed by atoms with E-state index in [1.807, 2.05) is 23.1 Å². The smallest absolute Gasteiger partial charge is 0.251 e. The van der Waals surface area contributed by atoms with Gasteiger partial charge >= 0.3 is 0 Å². The summed E-state index contributed by atoms with van der Waals surface area (Å²) in [4.78, 5) is 4.13. The predicted octanol–water partition coefficient (Wildman–Crippen LogP) is 2.58. The lowest BCUT2D eigenvalue weighted by molar-refractivity contribution is 0.0592. The highest BCUT2D eigenvalue weighted by Crippen LogP contribution is 2.06. The third kappa shape index (κ3) is 5.09. The lowest BCUT2D eigenvalue weighted by Gasteiger charge is -2.33. The van der Waals surface area contributed by atoms with Crippen molar-refractivity contribution >= 4 is 6.08 Å². The predicted molar refractivity (Wildman–Crippen MR) is 74.4 cm³/mol. The van der Waals surface area contributed by atoms with Crippen LogP contribution in [0.15, 0.2) is 36.4 Å². The van der Waals surface area contributed by atoms with Crippen molar-refractivity contribution in [2.45, 2.75) is 6.43 Å². The maximum absolute atomic E-state index is 12.2. The van der Waals surface area contributed by atoms with Crippen LogP contribution in [0.5, 0.6) is 0 Å². The fourth-order valence-corrected chi connectivity index (χ4v) is 2.25. The van der Waals surface area contributed by atoms with E-state index in [0.717, 1.165) is 32.7 Å². The zero-order valence-corrected chi connectivity index (χ0v) is 11.0. The summed E-state index contributed by atoms with van der Waals surface area (Å²) >= 11 is 0. The second-order valence-corrected chi connectivity index (χ2v) is 4.81. The monoisotopic (exact) mass is 266 g/mol. The Morgan fingerprint density at radius 2 is 1.63 bits per heavy atom. The van der Waals surface area contributed by atoms with Gasteiger partial charge in [-0.25, -0.2) is 8.78 Å². The molecule has 0 unspecified atom stereocenters. The Kier molecular flexibility index (Phi) is 5.48. The topological polar surface area (TPSA) is 6.48 Å². The van der Waals surface area contributed by atoms with Gasteiger partial charge in [-0.2, -0.15) is 0 Å². The van der Waals surface area contributed by atoms with Crippen molar-refractivity contribution in [3.8, 4) is 0 Å². The molecule has 0 atom stereocenters. The van der Waals surface area contributed by atoms with Gasteiger partial charge in [0.1, 0.15) is 0 Å². The highest BCUT2D eigenvalue weighted by Gasteiger charge is 2.18. The van der Waals surface area contributed by atoms with Gasteiger partial charge in [-0.1, -0.05) is 42.5 Å². The number of halogens is 2. The van der Waals surface area contributed by atoms with Gasteiger partial charge in [-0.15, -0.1) is 0 Å². The van der Waals surface area contributed by atoms with E-state index in [2.05, 4.69) is 29.2 Å². The van der Waals surface area contributed by atoms with E-state index in [0.29, 0.717) is 0 Å². The van der Waals surface area contributed by atoms with Crippen LogP contribution in [0.25, 0.3) is 6.08 Å². The van der Waals surface area contributed by atoms with Gasteiger partial charge in [-0.3, -0.25) is 9.80 Å². The van der Waals surface area contributed by atoms with E-state index in [-0.39, 0.29) is 6.54 Å². The first-order valence-corrected chi connectivity index (χ1v) is 6.68. The van der Waals surface area contributed by atoms with Gasteiger partial charge < -0.3 is 0 Å². The van der Waals surface area contributed by atoms with E-state index in [4.69, 9.17) is 0 Å². The van der Waals surface area contributed by atoms with Crippen molar-refractivity contribution < 1.29 is 8.78 Å². The summed E-state index contributed by atoms with van der Waals surface area (Å²) in [5, 5.41) is 0. The molecule has 1 fully saturated rings. The highest BCUT2D eigenvalue weighted by molar-refractivity contribution is 5.48. The molecular weight excluding hydrogens is 246 g/mol. The number of hydrogen-bond acceptors (Lipinski definition) is 2. The fourth-order valence-electron chi connectivity index (χ4n) is 2.25. The van der Waals surface area contributed by atoms with Crippen LogP contribution in [-0.2, 0) is 0 Å². The standard InChI is InChI=1S/C15H20F2N2/c16-15(17)13-19-11-9-18(10-12-19)8-4-7-14-5-2-1-3-6-14/h1-7,15H,8-13H2. The summed E-state index contributed by atoms with van der Waals surface area (Å²) in [6.07, 6.45) is 2.02. The molecule has 0 aromatic heterocycles. The molecule has 0 bridgehead atoms. The molecule has 19 heavy (non-hydrogen) atoms. The normalized spacial score (nSPS) is 18.5. The maximum atomic E-state index is 12.2. The molecule has 2 rings (SSSR count). The third-order valence-electron chi connectivity index (χ3n) is 3.33. The number of alkyl halides is 2. The lowest BCUT2D eigenvalue weighted by Crippen LogP contribution is -2.47. The van der Waals surface area contributed by atoms with Crippen LogP contribution in [-0.4, -0.2) is 55.5 Å². The average molecular weight is 266 g/mol. The molecule has 1 aromatic carbocycles. The molecule has 104 valence electrons. The zero-order valence-electron chi connectivity index (χ0n) is 11.0. The Balaban J connectivity index is 1.70. The summed E-state index contributed by atoms with van der Waals surface area (Å²) in [5.74, 6) is 0. The van der Waals surface area contributed by atoms with Crippen molar-refractivity contribution in [3.63, 3.8) is 0 Å². The second-order valence-electron chi connectivity index (χ2n) is 4.81. The maximum Gasteiger partial charge on any atom is 0.251 e. The molecule has 0 amide bonds. The Hall–Kier alpha value is -1.26. The van der Waals surface area contributed by atoms with E-state index in [9.17, 15) is 8.78 Å². The van der Waals surface area contributed by atoms with Crippen LogP contribution >= 0.6 is 0 Å². The first-order chi connectivity index (χ1) is 9.24. The first kappa shape index (κ1) is 14.2.